The Kier molecular flexibility index (Phi) is 6.83. The Morgan fingerprint density at radius 2 is 1.72 bits per heavy atom. The number of anilines is 2. The number of nitrogens with one attached hydrogen (secondary N) is 1. The Morgan fingerprint density at radius 1 is 0.889 bits per heavy atom. The van der Waals surface area contributed by atoms with E-state index in [0.717, 1.165) is 50.0 Å². The van der Waals surface area contributed by atoms with Gasteiger partial charge in [-0.15, -0.1) is 0 Å². The topological polar surface area (TPSA) is 47.6 Å². The van der Waals surface area contributed by atoms with Gasteiger partial charge < -0.3 is 14.8 Å². The third-order valence-electron chi connectivity index (χ3n) is 6.10. The SMILES string of the molecule is COc1ccc(/C=C/C(=O)c2ccc3c(c2)Nc2ccccc2S3)cc1COc1cc(C)ccc1C. The molecule has 0 aliphatic carbocycles. The summed E-state index contributed by atoms with van der Waals surface area (Å²) in [4.78, 5) is 15.3. The number of ether oxygens (including phenoxy) is 2. The maximum absolute atomic E-state index is 13.0. The maximum atomic E-state index is 13.0. The van der Waals surface area contributed by atoms with Crippen LogP contribution in [0.5, 0.6) is 11.5 Å². The Hall–Kier alpha value is -3.96. The van der Waals surface area contributed by atoms with Crippen LogP contribution in [-0.2, 0) is 6.61 Å². The van der Waals surface area contributed by atoms with Gasteiger partial charge in [0.25, 0.3) is 0 Å². The number of fused-ring (bicyclic) bond motifs is 2. The first-order chi connectivity index (χ1) is 17.5. The molecule has 4 nitrogen and oxygen atoms in total. The highest BCUT2D eigenvalue weighted by Crippen LogP contribution is 2.44. The summed E-state index contributed by atoms with van der Waals surface area (Å²) in [6, 6.07) is 26.0. The number of hydrogen-bond donors (Lipinski definition) is 1. The highest BCUT2D eigenvalue weighted by atomic mass is 32.2. The molecule has 1 aliphatic rings. The van der Waals surface area contributed by atoms with Gasteiger partial charge in [0.2, 0.25) is 0 Å². The molecule has 4 aromatic carbocycles. The van der Waals surface area contributed by atoms with Crippen LogP contribution >= 0.6 is 11.8 Å². The van der Waals surface area contributed by atoms with Crippen molar-refractivity contribution < 1.29 is 14.3 Å². The number of rotatable bonds is 7. The first-order valence-corrected chi connectivity index (χ1v) is 12.6. The molecule has 0 spiro atoms. The molecule has 0 aromatic heterocycles. The quantitative estimate of drug-likeness (QED) is 0.184. The number of allylic oxidation sites excluding steroid dienone is 1. The van der Waals surface area contributed by atoms with Crippen molar-refractivity contribution in [1.82, 2.24) is 0 Å². The van der Waals surface area contributed by atoms with Crippen LogP contribution in [0.2, 0.25) is 0 Å². The number of para-hydroxylation sites is 1. The Balaban J connectivity index is 1.31. The molecule has 0 atom stereocenters. The average molecular weight is 494 g/mol. The van der Waals surface area contributed by atoms with Gasteiger partial charge in [0.1, 0.15) is 18.1 Å². The van der Waals surface area contributed by atoms with Gasteiger partial charge in [-0.1, -0.05) is 48.2 Å². The molecule has 0 fully saturated rings. The summed E-state index contributed by atoms with van der Waals surface area (Å²) in [7, 11) is 1.65. The molecule has 0 saturated carbocycles. The molecular weight excluding hydrogens is 466 g/mol. The molecule has 4 aromatic rings. The predicted octanol–water partition coefficient (Wildman–Crippen LogP) is 8.00. The fourth-order valence-corrected chi connectivity index (χ4v) is 5.06. The lowest BCUT2D eigenvalue weighted by Crippen LogP contribution is -2.02. The normalized spacial score (nSPS) is 12.0. The predicted molar refractivity (Wildman–Crippen MR) is 147 cm³/mol. The van der Waals surface area contributed by atoms with Gasteiger partial charge in [-0.3, -0.25) is 4.79 Å². The summed E-state index contributed by atoms with van der Waals surface area (Å²) in [5.41, 5.74) is 6.72. The fraction of sp³-hybridized carbons (Fsp3) is 0.129. The molecule has 0 unspecified atom stereocenters. The lowest BCUT2D eigenvalue weighted by Gasteiger charge is -2.20. The summed E-state index contributed by atoms with van der Waals surface area (Å²) < 4.78 is 11.6. The lowest BCUT2D eigenvalue weighted by molar-refractivity contribution is 0.104. The molecule has 0 radical (unpaired) electrons. The first kappa shape index (κ1) is 23.8. The van der Waals surface area contributed by atoms with Gasteiger partial charge >= 0.3 is 0 Å². The summed E-state index contributed by atoms with van der Waals surface area (Å²) in [6.45, 7) is 4.45. The van der Waals surface area contributed by atoms with E-state index in [-0.39, 0.29) is 5.78 Å². The molecule has 0 amide bonds. The van der Waals surface area contributed by atoms with Crippen LogP contribution in [0.15, 0.2) is 94.7 Å². The van der Waals surface area contributed by atoms with Crippen LogP contribution in [0.25, 0.3) is 6.08 Å². The molecule has 5 rings (SSSR count). The van der Waals surface area contributed by atoms with Crippen LogP contribution in [0, 0.1) is 13.8 Å². The van der Waals surface area contributed by atoms with Gasteiger partial charge in [-0.25, -0.2) is 0 Å². The minimum atomic E-state index is -0.0486. The zero-order valence-corrected chi connectivity index (χ0v) is 21.3. The summed E-state index contributed by atoms with van der Waals surface area (Å²) in [6.07, 6.45) is 3.45. The second kappa shape index (κ2) is 10.3. The van der Waals surface area contributed by atoms with Crippen molar-refractivity contribution in [3.05, 3.63) is 113 Å². The monoisotopic (exact) mass is 493 g/mol. The van der Waals surface area contributed by atoms with Crippen molar-refractivity contribution in [2.75, 3.05) is 12.4 Å². The average Bonchev–Trinajstić information content (AvgIpc) is 2.90. The molecule has 180 valence electrons. The standard InChI is InChI=1S/C31H27NO3S/c1-20-8-9-21(2)29(16-20)35-19-24-17-22(11-14-28(24)34-3)10-13-27(33)23-12-15-31-26(18-23)32-25-6-4-5-7-30(25)36-31/h4-18,32H,19H2,1-3H3/b13-10+. The minimum absolute atomic E-state index is 0.0486. The van der Waals surface area contributed by atoms with E-state index < -0.39 is 0 Å². The number of carbonyl (C=O) groups excluding carboxylic acids is 1. The van der Waals surface area contributed by atoms with Gasteiger partial charge in [0, 0.05) is 20.9 Å². The maximum Gasteiger partial charge on any atom is 0.185 e. The molecule has 36 heavy (non-hydrogen) atoms. The molecule has 0 bridgehead atoms. The summed E-state index contributed by atoms with van der Waals surface area (Å²) >= 11 is 1.71. The third kappa shape index (κ3) is 5.16. The minimum Gasteiger partial charge on any atom is -0.496 e. The van der Waals surface area contributed by atoms with Gasteiger partial charge in [0.15, 0.2) is 5.78 Å². The zero-order chi connectivity index (χ0) is 25.1. The second-order valence-electron chi connectivity index (χ2n) is 8.76. The lowest BCUT2D eigenvalue weighted by atomic mass is 10.1. The van der Waals surface area contributed by atoms with Crippen LogP contribution in [-0.4, -0.2) is 12.9 Å². The van der Waals surface area contributed by atoms with Gasteiger partial charge in [-0.05, 0) is 85.1 Å². The number of ketones is 1. The van der Waals surface area contributed by atoms with E-state index in [2.05, 4.69) is 23.5 Å². The van der Waals surface area contributed by atoms with Crippen molar-refractivity contribution in [2.24, 2.45) is 0 Å². The summed E-state index contributed by atoms with van der Waals surface area (Å²) in [5.74, 6) is 1.56. The van der Waals surface area contributed by atoms with Crippen molar-refractivity contribution in [3.8, 4) is 11.5 Å². The second-order valence-corrected chi connectivity index (χ2v) is 9.84. The third-order valence-corrected chi connectivity index (χ3v) is 7.25. The Morgan fingerprint density at radius 3 is 2.58 bits per heavy atom. The fourth-order valence-electron chi connectivity index (χ4n) is 4.09. The summed E-state index contributed by atoms with van der Waals surface area (Å²) in [5, 5.41) is 3.44. The van der Waals surface area contributed by atoms with Crippen LogP contribution in [0.3, 0.4) is 0 Å². The van der Waals surface area contributed by atoms with Crippen molar-refractivity contribution in [1.29, 1.82) is 0 Å². The van der Waals surface area contributed by atoms with E-state index >= 15 is 0 Å². The molecule has 0 saturated heterocycles. The van der Waals surface area contributed by atoms with Crippen molar-refractivity contribution in [2.45, 2.75) is 30.2 Å². The molecule has 1 N–H and O–H groups in total. The van der Waals surface area contributed by atoms with E-state index in [4.69, 9.17) is 9.47 Å². The number of hydrogen-bond acceptors (Lipinski definition) is 5. The van der Waals surface area contributed by atoms with E-state index in [1.165, 1.54) is 4.90 Å². The van der Waals surface area contributed by atoms with E-state index in [9.17, 15) is 4.79 Å². The van der Waals surface area contributed by atoms with E-state index in [1.807, 2.05) is 80.6 Å². The Labute approximate surface area is 216 Å². The van der Waals surface area contributed by atoms with Crippen LogP contribution < -0.4 is 14.8 Å². The van der Waals surface area contributed by atoms with Crippen LogP contribution in [0.4, 0.5) is 11.4 Å². The largest absolute Gasteiger partial charge is 0.496 e. The van der Waals surface area contributed by atoms with Crippen molar-refractivity contribution in [3.63, 3.8) is 0 Å². The van der Waals surface area contributed by atoms with Gasteiger partial charge in [-0.2, -0.15) is 0 Å². The van der Waals surface area contributed by atoms with E-state index in [0.29, 0.717) is 12.2 Å². The highest BCUT2D eigenvalue weighted by molar-refractivity contribution is 7.99. The molecule has 1 aliphatic heterocycles. The zero-order valence-electron chi connectivity index (χ0n) is 20.5. The molecule has 5 heteroatoms. The first-order valence-electron chi connectivity index (χ1n) is 11.8. The number of carbonyl (C=O) groups is 1. The van der Waals surface area contributed by atoms with E-state index in [1.54, 1.807) is 24.9 Å². The molecule has 1 heterocycles. The van der Waals surface area contributed by atoms with Gasteiger partial charge in [0.05, 0.1) is 18.5 Å². The smallest absolute Gasteiger partial charge is 0.185 e. The highest BCUT2D eigenvalue weighted by Gasteiger charge is 2.16. The molecular formula is C31H27NO3S. The number of aryl methyl sites for hydroxylation is 2. The number of benzene rings is 4. The van der Waals surface area contributed by atoms with Crippen molar-refractivity contribution >= 4 is 35.0 Å². The van der Waals surface area contributed by atoms with Crippen LogP contribution in [0.1, 0.15) is 32.6 Å². The Bertz CT molecular complexity index is 1470. The number of methoxy groups -OCH3 is 1.